The van der Waals surface area contributed by atoms with Gasteiger partial charge in [-0.1, -0.05) is 0 Å². The minimum atomic E-state index is -4.55. The molecular weight excluding hydrogens is 240 g/mol. The monoisotopic (exact) mass is 248 g/mol. The molecule has 0 saturated heterocycles. The summed E-state index contributed by atoms with van der Waals surface area (Å²) in [6.07, 6.45) is -3.74. The van der Waals surface area contributed by atoms with Gasteiger partial charge in [0.25, 0.3) is 0 Å². The van der Waals surface area contributed by atoms with Crippen molar-refractivity contribution in [1.82, 2.24) is 5.43 Å². The van der Waals surface area contributed by atoms with E-state index in [0.29, 0.717) is 18.2 Å². The van der Waals surface area contributed by atoms with Gasteiger partial charge in [-0.25, -0.2) is 9.82 Å². The molecule has 0 aliphatic rings. The van der Waals surface area contributed by atoms with Crippen LogP contribution in [-0.4, -0.2) is 12.2 Å². The van der Waals surface area contributed by atoms with Gasteiger partial charge in [-0.15, -0.1) is 0 Å². The maximum atomic E-state index is 13.1. The summed E-state index contributed by atoms with van der Waals surface area (Å²) in [7, 11) is 0. The maximum Gasteiger partial charge on any atom is 0.416 e. The molecule has 92 valence electrons. The Morgan fingerprint density at radius 1 is 1.41 bits per heavy atom. The Labute approximate surface area is 93.6 Å². The van der Waals surface area contributed by atoms with Crippen molar-refractivity contribution in [3.8, 4) is 0 Å². The van der Waals surface area contributed by atoms with Gasteiger partial charge in [0.15, 0.2) is 0 Å². The molecule has 4 nitrogen and oxygen atoms in total. The second-order valence-electron chi connectivity index (χ2n) is 3.02. The molecule has 17 heavy (non-hydrogen) atoms. The van der Waals surface area contributed by atoms with Gasteiger partial charge in [0.2, 0.25) is 5.96 Å². The summed E-state index contributed by atoms with van der Waals surface area (Å²) in [4.78, 5) is 0. The molecule has 0 atom stereocenters. The number of hydrogen-bond donors (Lipinski definition) is 3. The lowest BCUT2D eigenvalue weighted by Crippen LogP contribution is -2.25. The molecule has 4 N–H and O–H groups in total. The van der Waals surface area contributed by atoms with Gasteiger partial charge in [0, 0.05) is 5.56 Å². The first-order valence-electron chi connectivity index (χ1n) is 4.30. The molecule has 1 rings (SSSR count). The van der Waals surface area contributed by atoms with Crippen LogP contribution in [0.2, 0.25) is 0 Å². The highest BCUT2D eigenvalue weighted by Crippen LogP contribution is 2.29. The van der Waals surface area contributed by atoms with Crippen LogP contribution in [0, 0.1) is 11.2 Å². The number of rotatable bonds is 2. The summed E-state index contributed by atoms with van der Waals surface area (Å²) in [5, 5.41) is 10.0. The van der Waals surface area contributed by atoms with Gasteiger partial charge in [-0.2, -0.15) is 18.3 Å². The Morgan fingerprint density at radius 3 is 2.59 bits per heavy atom. The molecule has 0 aliphatic carbocycles. The summed E-state index contributed by atoms with van der Waals surface area (Å²) >= 11 is 0. The lowest BCUT2D eigenvalue weighted by Gasteiger charge is -2.07. The number of halogens is 4. The molecule has 0 heterocycles. The zero-order valence-corrected chi connectivity index (χ0v) is 8.35. The third kappa shape index (κ3) is 3.74. The number of nitrogens with two attached hydrogens (primary N) is 1. The number of alkyl halides is 3. The van der Waals surface area contributed by atoms with Gasteiger partial charge in [-0.05, 0) is 18.2 Å². The van der Waals surface area contributed by atoms with Crippen LogP contribution in [0.15, 0.2) is 23.3 Å². The van der Waals surface area contributed by atoms with Crippen LogP contribution in [-0.2, 0) is 6.18 Å². The van der Waals surface area contributed by atoms with Crippen LogP contribution in [0.25, 0.3) is 0 Å². The number of nitrogens with one attached hydrogen (secondary N) is 2. The molecule has 8 heteroatoms. The first-order chi connectivity index (χ1) is 7.80. The van der Waals surface area contributed by atoms with Gasteiger partial charge in [0.05, 0.1) is 11.8 Å². The Bertz CT molecular complexity index is 453. The summed E-state index contributed by atoms with van der Waals surface area (Å²) in [6, 6.07) is 1.93. The second-order valence-corrected chi connectivity index (χ2v) is 3.02. The van der Waals surface area contributed by atoms with Crippen LogP contribution in [0.4, 0.5) is 17.6 Å². The van der Waals surface area contributed by atoms with Gasteiger partial charge >= 0.3 is 6.18 Å². The lowest BCUT2D eigenvalue weighted by molar-refractivity contribution is -0.137. The highest BCUT2D eigenvalue weighted by atomic mass is 19.4. The Kier molecular flexibility index (Phi) is 3.66. The fourth-order valence-electron chi connectivity index (χ4n) is 0.990. The molecular formula is C9H8F4N4. The van der Waals surface area contributed by atoms with Crippen molar-refractivity contribution >= 4 is 12.2 Å². The number of benzene rings is 1. The van der Waals surface area contributed by atoms with Crippen LogP contribution in [0.1, 0.15) is 11.1 Å². The van der Waals surface area contributed by atoms with E-state index >= 15 is 0 Å². The normalized spacial score (nSPS) is 11.8. The van der Waals surface area contributed by atoms with Gasteiger partial charge < -0.3 is 5.73 Å². The molecule has 0 spiro atoms. The Hall–Kier alpha value is -2.12. The molecule has 1 aromatic rings. The largest absolute Gasteiger partial charge is 0.416 e. The summed E-state index contributed by atoms with van der Waals surface area (Å²) in [5.74, 6) is -1.36. The van der Waals surface area contributed by atoms with Crippen molar-refractivity contribution in [1.29, 1.82) is 5.41 Å². The van der Waals surface area contributed by atoms with Gasteiger partial charge in [-0.3, -0.25) is 5.41 Å². The minimum absolute atomic E-state index is 0.353. The fraction of sp³-hybridized carbons (Fsp3) is 0.111. The van der Waals surface area contributed by atoms with Crippen LogP contribution in [0.5, 0.6) is 0 Å². The molecule has 0 aromatic heterocycles. The van der Waals surface area contributed by atoms with E-state index in [4.69, 9.17) is 11.1 Å². The zero-order chi connectivity index (χ0) is 13.1. The van der Waals surface area contributed by atoms with Crippen LogP contribution >= 0.6 is 0 Å². The summed E-state index contributed by atoms with van der Waals surface area (Å²) < 4.78 is 50.1. The first-order valence-corrected chi connectivity index (χ1v) is 4.30. The maximum absolute atomic E-state index is 13.1. The van der Waals surface area contributed by atoms with Gasteiger partial charge in [0.1, 0.15) is 5.82 Å². The smallest absolute Gasteiger partial charge is 0.369 e. The third-order valence-electron chi connectivity index (χ3n) is 1.71. The van der Waals surface area contributed by atoms with Crippen LogP contribution < -0.4 is 11.2 Å². The van der Waals surface area contributed by atoms with E-state index in [9.17, 15) is 17.6 Å². The summed E-state index contributed by atoms with van der Waals surface area (Å²) in [5.41, 5.74) is 5.50. The third-order valence-corrected chi connectivity index (χ3v) is 1.71. The van der Waals surface area contributed by atoms with Crippen molar-refractivity contribution in [3.63, 3.8) is 0 Å². The van der Waals surface area contributed by atoms with Crippen molar-refractivity contribution in [3.05, 3.63) is 35.1 Å². The van der Waals surface area contributed by atoms with E-state index in [1.165, 1.54) is 0 Å². The van der Waals surface area contributed by atoms with Crippen molar-refractivity contribution in [2.45, 2.75) is 6.18 Å². The second kappa shape index (κ2) is 4.81. The quantitative estimate of drug-likeness (QED) is 0.322. The predicted octanol–water partition coefficient (Wildman–Crippen LogP) is 1.66. The standard InChI is InChI=1S/C9H8F4N4/c10-7-2-1-6(9(11,12)13)3-5(7)4-16-17-8(14)15/h1-4H,(H4,14,15,17)/b16-4+. The van der Waals surface area contributed by atoms with E-state index in [0.717, 1.165) is 6.21 Å². The van der Waals surface area contributed by atoms with E-state index < -0.39 is 23.5 Å². The Balaban J connectivity index is 2.99. The van der Waals surface area contributed by atoms with Crippen molar-refractivity contribution in [2.75, 3.05) is 0 Å². The molecule has 0 radical (unpaired) electrons. The van der Waals surface area contributed by atoms with Crippen LogP contribution in [0.3, 0.4) is 0 Å². The SMILES string of the molecule is N=C(N)N/N=C/c1cc(C(F)(F)F)ccc1F. The van der Waals surface area contributed by atoms with E-state index in [2.05, 4.69) is 5.10 Å². The molecule has 0 bridgehead atoms. The zero-order valence-electron chi connectivity index (χ0n) is 8.35. The topological polar surface area (TPSA) is 74.3 Å². The molecule has 1 aromatic carbocycles. The van der Waals surface area contributed by atoms with E-state index in [-0.39, 0.29) is 5.56 Å². The highest BCUT2D eigenvalue weighted by molar-refractivity contribution is 5.82. The summed E-state index contributed by atoms with van der Waals surface area (Å²) in [6.45, 7) is 0. The molecule has 0 aliphatic heterocycles. The average molecular weight is 248 g/mol. The molecule has 0 saturated carbocycles. The highest BCUT2D eigenvalue weighted by Gasteiger charge is 2.30. The average Bonchev–Trinajstić information content (AvgIpc) is 2.18. The van der Waals surface area contributed by atoms with E-state index in [1.807, 2.05) is 5.43 Å². The number of hydrazone groups is 1. The van der Waals surface area contributed by atoms with Crippen molar-refractivity contribution < 1.29 is 17.6 Å². The van der Waals surface area contributed by atoms with Crippen molar-refractivity contribution in [2.24, 2.45) is 10.8 Å². The number of nitrogens with zero attached hydrogens (tertiary/aromatic N) is 1. The molecule has 0 unspecified atom stereocenters. The predicted molar refractivity (Wildman–Crippen MR) is 54.0 cm³/mol. The number of guanidine groups is 1. The van der Waals surface area contributed by atoms with E-state index in [1.54, 1.807) is 0 Å². The Morgan fingerprint density at radius 2 is 2.06 bits per heavy atom. The minimum Gasteiger partial charge on any atom is -0.369 e. The molecule has 0 amide bonds. The molecule has 0 fully saturated rings. The fourth-order valence-corrected chi connectivity index (χ4v) is 0.990. The lowest BCUT2D eigenvalue weighted by atomic mass is 10.1. The number of hydrogen-bond acceptors (Lipinski definition) is 2. The first kappa shape index (κ1) is 12.9.